The molecule has 1 heterocycles. The van der Waals surface area contributed by atoms with Gasteiger partial charge in [0.05, 0.1) is 0 Å². The highest BCUT2D eigenvalue weighted by Gasteiger charge is 2.22. The average Bonchev–Trinajstić information content (AvgIpc) is 2.46. The second-order valence-electron chi connectivity index (χ2n) is 4.38. The lowest BCUT2D eigenvalue weighted by Gasteiger charge is -2.18. The molecule has 0 aliphatic heterocycles. The van der Waals surface area contributed by atoms with Gasteiger partial charge in [-0.2, -0.15) is 0 Å². The highest BCUT2D eigenvalue weighted by atomic mass is 32.2. The van der Waals surface area contributed by atoms with Gasteiger partial charge in [-0.1, -0.05) is 37.3 Å². The molecule has 0 amide bonds. The Morgan fingerprint density at radius 3 is 2.50 bits per heavy atom. The predicted octanol–water partition coefficient (Wildman–Crippen LogP) is 2.09. The van der Waals surface area contributed by atoms with Crippen molar-refractivity contribution in [2.24, 2.45) is 0 Å². The maximum absolute atomic E-state index is 12.4. The monoisotopic (exact) mass is 291 g/mol. The molecule has 0 aliphatic rings. The zero-order valence-electron chi connectivity index (χ0n) is 11.2. The van der Waals surface area contributed by atoms with Crippen molar-refractivity contribution in [3.05, 3.63) is 54.2 Å². The molecule has 1 aromatic heterocycles. The van der Waals surface area contributed by atoms with E-state index in [0.717, 1.165) is 5.56 Å². The first-order valence-electron chi connectivity index (χ1n) is 6.32. The molecular weight excluding hydrogens is 274 g/mol. The molecule has 5 nitrogen and oxygen atoms in total. The van der Waals surface area contributed by atoms with Crippen LogP contribution in [0.15, 0.2) is 53.6 Å². The molecule has 0 spiro atoms. The van der Waals surface area contributed by atoms with Crippen LogP contribution < -0.4 is 10.5 Å². The molecule has 106 valence electrons. The minimum Gasteiger partial charge on any atom is -0.383 e. The Hall–Kier alpha value is -1.92. The van der Waals surface area contributed by atoms with E-state index in [1.54, 1.807) is 6.07 Å². The number of nitrogen functional groups attached to an aromatic ring is 1. The first-order chi connectivity index (χ1) is 9.54. The maximum Gasteiger partial charge on any atom is 0.244 e. The Kier molecular flexibility index (Phi) is 4.36. The topological polar surface area (TPSA) is 85.1 Å². The molecule has 20 heavy (non-hydrogen) atoms. The lowest BCUT2D eigenvalue weighted by atomic mass is 10.1. The van der Waals surface area contributed by atoms with Crippen molar-refractivity contribution in [2.45, 2.75) is 24.3 Å². The molecule has 0 fully saturated rings. The van der Waals surface area contributed by atoms with Crippen molar-refractivity contribution in [3.63, 3.8) is 0 Å². The second kappa shape index (κ2) is 6.02. The van der Waals surface area contributed by atoms with Crippen LogP contribution in [0.4, 0.5) is 5.82 Å². The van der Waals surface area contributed by atoms with Crippen LogP contribution >= 0.6 is 0 Å². The van der Waals surface area contributed by atoms with E-state index < -0.39 is 10.0 Å². The lowest BCUT2D eigenvalue weighted by molar-refractivity contribution is 0.550. The molecule has 0 saturated carbocycles. The van der Waals surface area contributed by atoms with Crippen LogP contribution in [0.25, 0.3) is 0 Å². The molecule has 2 rings (SSSR count). The quantitative estimate of drug-likeness (QED) is 0.883. The van der Waals surface area contributed by atoms with Crippen LogP contribution in [0.2, 0.25) is 0 Å². The van der Waals surface area contributed by atoms with Gasteiger partial charge in [0.1, 0.15) is 10.7 Å². The normalized spacial score (nSPS) is 13.1. The molecule has 1 unspecified atom stereocenters. The molecule has 1 atom stereocenters. The third-order valence-corrected chi connectivity index (χ3v) is 4.52. The maximum atomic E-state index is 12.4. The zero-order valence-corrected chi connectivity index (χ0v) is 12.0. The Labute approximate surface area is 118 Å². The van der Waals surface area contributed by atoms with Gasteiger partial charge < -0.3 is 5.73 Å². The molecule has 2 aromatic rings. The van der Waals surface area contributed by atoms with E-state index in [2.05, 4.69) is 9.71 Å². The Morgan fingerprint density at radius 2 is 1.90 bits per heavy atom. The standard InChI is InChI=1S/C14H17N3O2S/c1-2-12(11-7-4-3-5-8-11)17-20(18,19)13-9-6-10-16-14(13)15/h3-10,12,17H,2H2,1H3,(H2,15,16). The average molecular weight is 291 g/mol. The molecular formula is C14H17N3O2S. The summed E-state index contributed by atoms with van der Waals surface area (Å²) in [6.07, 6.45) is 2.10. The summed E-state index contributed by atoms with van der Waals surface area (Å²) in [7, 11) is -3.69. The number of nitrogens with two attached hydrogens (primary N) is 1. The number of anilines is 1. The van der Waals surface area contributed by atoms with Crippen LogP contribution in [0.3, 0.4) is 0 Å². The number of benzene rings is 1. The minimum absolute atomic E-state index is 0.00270. The molecule has 1 aromatic carbocycles. The summed E-state index contributed by atoms with van der Waals surface area (Å²) in [6, 6.07) is 12.1. The summed E-state index contributed by atoms with van der Waals surface area (Å²) in [6.45, 7) is 1.92. The van der Waals surface area contributed by atoms with Crippen LogP contribution in [-0.4, -0.2) is 13.4 Å². The number of hydrogen-bond donors (Lipinski definition) is 2. The number of hydrogen-bond acceptors (Lipinski definition) is 4. The largest absolute Gasteiger partial charge is 0.383 e. The van der Waals surface area contributed by atoms with Gasteiger partial charge in [0.2, 0.25) is 10.0 Å². The highest BCUT2D eigenvalue weighted by Crippen LogP contribution is 2.21. The first kappa shape index (κ1) is 14.5. The van der Waals surface area contributed by atoms with Crippen LogP contribution in [0, 0.1) is 0 Å². The summed E-state index contributed by atoms with van der Waals surface area (Å²) < 4.78 is 27.4. The minimum atomic E-state index is -3.69. The van der Waals surface area contributed by atoms with Gasteiger partial charge in [0.15, 0.2) is 0 Å². The van der Waals surface area contributed by atoms with Crippen molar-refractivity contribution in [3.8, 4) is 0 Å². The summed E-state index contributed by atoms with van der Waals surface area (Å²) in [5.74, 6) is 0.00270. The fourth-order valence-electron chi connectivity index (χ4n) is 1.95. The van der Waals surface area contributed by atoms with E-state index in [1.807, 2.05) is 37.3 Å². The van der Waals surface area contributed by atoms with Crippen LogP contribution in [0.5, 0.6) is 0 Å². The van der Waals surface area contributed by atoms with E-state index in [1.165, 1.54) is 12.3 Å². The summed E-state index contributed by atoms with van der Waals surface area (Å²) >= 11 is 0. The van der Waals surface area contributed by atoms with Crippen LogP contribution in [-0.2, 0) is 10.0 Å². The summed E-state index contributed by atoms with van der Waals surface area (Å²) in [5.41, 5.74) is 6.55. The number of sulfonamides is 1. The van der Waals surface area contributed by atoms with Gasteiger partial charge in [-0.25, -0.2) is 18.1 Å². The fourth-order valence-corrected chi connectivity index (χ4v) is 3.34. The van der Waals surface area contributed by atoms with Crippen molar-refractivity contribution in [1.82, 2.24) is 9.71 Å². The molecule has 0 aliphatic carbocycles. The van der Waals surface area contributed by atoms with Gasteiger partial charge in [-0.15, -0.1) is 0 Å². The number of nitrogens with one attached hydrogen (secondary N) is 1. The predicted molar refractivity (Wildman–Crippen MR) is 78.4 cm³/mol. The molecule has 6 heteroatoms. The van der Waals surface area contributed by atoms with E-state index in [9.17, 15) is 8.42 Å². The SMILES string of the molecule is CCC(NS(=O)(=O)c1cccnc1N)c1ccccc1. The van der Waals surface area contributed by atoms with Gasteiger partial charge in [-0.3, -0.25) is 0 Å². The van der Waals surface area contributed by atoms with Crippen molar-refractivity contribution >= 4 is 15.8 Å². The summed E-state index contributed by atoms with van der Waals surface area (Å²) in [5, 5.41) is 0. The van der Waals surface area contributed by atoms with E-state index in [-0.39, 0.29) is 16.8 Å². The zero-order chi connectivity index (χ0) is 14.6. The Morgan fingerprint density at radius 1 is 1.20 bits per heavy atom. The molecule has 3 N–H and O–H groups in total. The second-order valence-corrected chi connectivity index (χ2v) is 6.06. The van der Waals surface area contributed by atoms with E-state index >= 15 is 0 Å². The van der Waals surface area contributed by atoms with Crippen molar-refractivity contribution < 1.29 is 8.42 Å². The van der Waals surface area contributed by atoms with E-state index in [0.29, 0.717) is 6.42 Å². The number of nitrogens with zero attached hydrogens (tertiary/aromatic N) is 1. The third kappa shape index (κ3) is 3.15. The van der Waals surface area contributed by atoms with Crippen molar-refractivity contribution in [2.75, 3.05) is 5.73 Å². The van der Waals surface area contributed by atoms with Gasteiger partial charge in [-0.05, 0) is 24.1 Å². The number of aromatic nitrogens is 1. The van der Waals surface area contributed by atoms with Crippen LogP contribution in [0.1, 0.15) is 24.9 Å². The van der Waals surface area contributed by atoms with E-state index in [4.69, 9.17) is 5.73 Å². The lowest BCUT2D eigenvalue weighted by Crippen LogP contribution is -2.29. The molecule has 0 saturated heterocycles. The summed E-state index contributed by atoms with van der Waals surface area (Å²) in [4.78, 5) is 3.82. The number of rotatable bonds is 5. The Bertz CT molecular complexity index is 672. The number of pyridine rings is 1. The van der Waals surface area contributed by atoms with Gasteiger partial charge in [0.25, 0.3) is 0 Å². The molecule has 0 bridgehead atoms. The van der Waals surface area contributed by atoms with Crippen molar-refractivity contribution in [1.29, 1.82) is 0 Å². The molecule has 0 radical (unpaired) electrons. The Balaban J connectivity index is 2.30. The van der Waals surface area contributed by atoms with Gasteiger partial charge >= 0.3 is 0 Å². The smallest absolute Gasteiger partial charge is 0.244 e. The fraction of sp³-hybridized carbons (Fsp3) is 0.214. The third-order valence-electron chi connectivity index (χ3n) is 3.00. The first-order valence-corrected chi connectivity index (χ1v) is 7.80. The highest BCUT2D eigenvalue weighted by molar-refractivity contribution is 7.89. The van der Waals surface area contributed by atoms with Gasteiger partial charge in [0, 0.05) is 12.2 Å².